The summed E-state index contributed by atoms with van der Waals surface area (Å²) in [5, 5.41) is 0.474. The molecule has 0 spiro atoms. The predicted molar refractivity (Wildman–Crippen MR) is 133 cm³/mol. The lowest BCUT2D eigenvalue weighted by Gasteiger charge is -2.33. The van der Waals surface area contributed by atoms with Crippen LogP contribution in [0.15, 0.2) is 70.9 Å². The molecule has 5 nitrogen and oxygen atoms in total. The van der Waals surface area contributed by atoms with Crippen molar-refractivity contribution in [3.63, 3.8) is 0 Å². The van der Waals surface area contributed by atoms with Crippen LogP contribution in [0.2, 0.25) is 0 Å². The van der Waals surface area contributed by atoms with Crippen LogP contribution in [0.5, 0.6) is 0 Å². The maximum atomic E-state index is 13.3. The van der Waals surface area contributed by atoms with E-state index in [1.807, 2.05) is 56.3 Å². The summed E-state index contributed by atoms with van der Waals surface area (Å²) in [4.78, 5) is 33.0. The molecule has 4 rings (SSSR count). The van der Waals surface area contributed by atoms with E-state index in [1.54, 1.807) is 4.90 Å². The Labute approximate surface area is 199 Å². The Balaban J connectivity index is 1.72. The molecule has 0 aromatic heterocycles. The zero-order chi connectivity index (χ0) is 23.8. The van der Waals surface area contributed by atoms with Gasteiger partial charge in [-0.25, -0.2) is 9.79 Å². The lowest BCUT2D eigenvalue weighted by molar-refractivity contribution is -0.141. The maximum absolute atomic E-state index is 13.3. The number of nitrogens with zero attached hydrogens (tertiary/aromatic N) is 2. The van der Waals surface area contributed by atoms with Gasteiger partial charge in [0.2, 0.25) is 5.91 Å². The van der Waals surface area contributed by atoms with Crippen molar-refractivity contribution in [2.75, 3.05) is 0 Å². The summed E-state index contributed by atoms with van der Waals surface area (Å²) in [6, 6.07) is 17.2. The summed E-state index contributed by atoms with van der Waals surface area (Å²) in [5.41, 5.74) is 4.01. The van der Waals surface area contributed by atoms with Crippen molar-refractivity contribution in [1.82, 2.24) is 4.90 Å². The van der Waals surface area contributed by atoms with Gasteiger partial charge in [-0.15, -0.1) is 0 Å². The number of amidine groups is 1. The van der Waals surface area contributed by atoms with Crippen LogP contribution in [0.3, 0.4) is 0 Å². The number of allylic oxidation sites excluding steroid dienone is 1. The first-order chi connectivity index (χ1) is 15.7. The molecule has 0 bridgehead atoms. The number of thioether (sulfide) groups is 1. The number of aliphatic imine (C=N–C) groups is 1. The number of ether oxygens (including phenoxy) is 1. The quantitative estimate of drug-likeness (QED) is 0.530. The maximum Gasteiger partial charge on any atom is 0.338 e. The normalized spacial score (nSPS) is 20.6. The van der Waals surface area contributed by atoms with E-state index >= 15 is 0 Å². The average molecular weight is 463 g/mol. The lowest BCUT2D eigenvalue weighted by atomic mass is 9.85. The smallest absolute Gasteiger partial charge is 0.338 e. The molecule has 2 atom stereocenters. The molecule has 2 aromatic carbocycles. The van der Waals surface area contributed by atoms with Crippen molar-refractivity contribution in [2.24, 2.45) is 4.99 Å². The minimum absolute atomic E-state index is 0.00740. The fraction of sp³-hybridized carbons (Fsp3) is 0.370. The number of hydrogen-bond donors (Lipinski definition) is 0. The van der Waals surface area contributed by atoms with Crippen LogP contribution in [-0.4, -0.2) is 27.2 Å². The van der Waals surface area contributed by atoms with E-state index in [2.05, 4.69) is 37.9 Å². The molecule has 0 saturated carbocycles. The van der Waals surface area contributed by atoms with Crippen molar-refractivity contribution in [3.05, 3.63) is 82.6 Å². The first-order valence-corrected chi connectivity index (χ1v) is 12.2. The zero-order valence-electron chi connectivity index (χ0n) is 19.8. The van der Waals surface area contributed by atoms with E-state index in [9.17, 15) is 9.59 Å². The second-order valence-corrected chi connectivity index (χ2v) is 10.6. The van der Waals surface area contributed by atoms with Gasteiger partial charge in [0.25, 0.3) is 0 Å². The van der Waals surface area contributed by atoms with Crippen LogP contribution >= 0.6 is 11.8 Å². The van der Waals surface area contributed by atoms with Crippen LogP contribution in [0.25, 0.3) is 0 Å². The third kappa shape index (κ3) is 4.62. The lowest BCUT2D eigenvalue weighted by Crippen LogP contribution is -2.40. The molecule has 2 aliphatic rings. The summed E-state index contributed by atoms with van der Waals surface area (Å²) in [6.07, 6.45) is 0.710. The number of benzene rings is 2. The predicted octanol–water partition coefficient (Wildman–Crippen LogP) is 5.77. The highest BCUT2D eigenvalue weighted by atomic mass is 32.2. The number of carbonyl (C=O) groups excluding carboxylic acids is 2. The van der Waals surface area contributed by atoms with Gasteiger partial charge in [-0.05, 0) is 35.4 Å². The Hall–Kier alpha value is -2.86. The van der Waals surface area contributed by atoms with Gasteiger partial charge in [0, 0.05) is 0 Å². The van der Waals surface area contributed by atoms with Gasteiger partial charge in [-0.3, -0.25) is 9.69 Å². The van der Waals surface area contributed by atoms with Gasteiger partial charge in [-0.1, -0.05) is 94.1 Å². The van der Waals surface area contributed by atoms with Gasteiger partial charge in [0.05, 0.1) is 22.6 Å². The topological polar surface area (TPSA) is 59.0 Å². The Morgan fingerprint density at radius 1 is 1.09 bits per heavy atom. The van der Waals surface area contributed by atoms with Crippen molar-refractivity contribution in [1.29, 1.82) is 0 Å². The van der Waals surface area contributed by atoms with Crippen molar-refractivity contribution >= 4 is 28.8 Å². The van der Waals surface area contributed by atoms with E-state index in [1.165, 1.54) is 17.3 Å². The molecule has 0 unspecified atom stereocenters. The molecule has 6 heteroatoms. The first-order valence-electron chi connectivity index (χ1n) is 11.3. The summed E-state index contributed by atoms with van der Waals surface area (Å²) in [5.74, 6) is -0.450. The molecule has 1 fully saturated rings. The summed E-state index contributed by atoms with van der Waals surface area (Å²) in [7, 11) is 0. The van der Waals surface area contributed by atoms with E-state index in [0.29, 0.717) is 22.9 Å². The fourth-order valence-electron chi connectivity index (χ4n) is 4.13. The molecule has 1 saturated heterocycles. The largest absolute Gasteiger partial charge is 0.457 e. The van der Waals surface area contributed by atoms with E-state index in [0.717, 1.165) is 11.1 Å². The number of amides is 1. The summed E-state index contributed by atoms with van der Waals surface area (Å²) < 4.78 is 5.69. The molecular weight excluding hydrogens is 432 g/mol. The molecule has 2 aliphatic heterocycles. The van der Waals surface area contributed by atoms with Crippen molar-refractivity contribution in [3.8, 4) is 0 Å². The highest BCUT2D eigenvalue weighted by molar-refractivity contribution is 8.15. The standard InChI is InChI=1S/C27H30N2O3S/c1-6-21-24(30)29-23(19-12-14-20(15-13-19)27(3,4)5)22(17(2)28-26(29)33-21)25(31)32-16-18-10-8-7-9-11-18/h7-15,21,23H,6,16H2,1-5H3/t21-,23+/m1/s1. The van der Waals surface area contributed by atoms with Crippen LogP contribution in [-0.2, 0) is 26.3 Å². The van der Waals surface area contributed by atoms with Gasteiger partial charge >= 0.3 is 5.97 Å². The molecule has 33 heavy (non-hydrogen) atoms. The SMILES string of the molecule is CC[C@H]1SC2=NC(C)=C(C(=O)OCc3ccccc3)[C@H](c3ccc(C(C)(C)C)cc3)N2C1=O. The average Bonchev–Trinajstić information content (AvgIpc) is 3.11. The van der Waals surface area contributed by atoms with Gasteiger partial charge < -0.3 is 4.74 Å². The number of hydrogen-bond acceptors (Lipinski definition) is 5. The Bertz CT molecular complexity index is 1110. The second kappa shape index (κ2) is 9.18. The Kier molecular flexibility index (Phi) is 6.48. The van der Waals surface area contributed by atoms with Gasteiger partial charge in [-0.2, -0.15) is 0 Å². The number of fused-ring (bicyclic) bond motifs is 1. The zero-order valence-corrected chi connectivity index (χ0v) is 20.6. The van der Waals surface area contributed by atoms with E-state index < -0.39 is 12.0 Å². The third-order valence-corrected chi connectivity index (χ3v) is 7.37. The highest BCUT2D eigenvalue weighted by Gasteiger charge is 2.47. The van der Waals surface area contributed by atoms with E-state index in [-0.39, 0.29) is 23.2 Å². The summed E-state index contributed by atoms with van der Waals surface area (Å²) in [6.45, 7) is 10.5. The molecule has 172 valence electrons. The fourth-order valence-corrected chi connectivity index (χ4v) is 5.27. The first kappa shape index (κ1) is 23.3. The van der Waals surface area contributed by atoms with Crippen LogP contribution in [0, 0.1) is 0 Å². The number of esters is 1. The Morgan fingerprint density at radius 3 is 2.36 bits per heavy atom. The van der Waals surface area contributed by atoms with Crippen molar-refractivity contribution in [2.45, 2.75) is 64.4 Å². The monoisotopic (exact) mass is 462 g/mol. The second-order valence-electron chi connectivity index (χ2n) is 9.45. The Morgan fingerprint density at radius 2 is 1.76 bits per heavy atom. The van der Waals surface area contributed by atoms with E-state index in [4.69, 9.17) is 4.74 Å². The number of carbonyl (C=O) groups is 2. The molecule has 0 N–H and O–H groups in total. The highest BCUT2D eigenvalue weighted by Crippen LogP contribution is 2.44. The number of rotatable bonds is 5. The minimum Gasteiger partial charge on any atom is -0.457 e. The molecular formula is C27H30N2O3S. The van der Waals surface area contributed by atoms with Gasteiger partial charge in [0.15, 0.2) is 5.17 Å². The molecule has 2 heterocycles. The molecule has 1 amide bonds. The summed E-state index contributed by atoms with van der Waals surface area (Å²) >= 11 is 1.48. The minimum atomic E-state index is -0.550. The molecule has 0 radical (unpaired) electrons. The van der Waals surface area contributed by atoms with Crippen LogP contribution < -0.4 is 0 Å². The molecule has 2 aromatic rings. The van der Waals surface area contributed by atoms with Crippen LogP contribution in [0.4, 0.5) is 0 Å². The van der Waals surface area contributed by atoms with Crippen molar-refractivity contribution < 1.29 is 14.3 Å². The van der Waals surface area contributed by atoms with Crippen LogP contribution in [0.1, 0.15) is 63.8 Å². The van der Waals surface area contributed by atoms with Gasteiger partial charge in [0.1, 0.15) is 6.61 Å². The molecule has 0 aliphatic carbocycles. The third-order valence-electron chi connectivity index (χ3n) is 6.05.